The third-order valence-corrected chi connectivity index (χ3v) is 2.47. The summed E-state index contributed by atoms with van der Waals surface area (Å²) in [5.74, 6) is -0.706. The van der Waals surface area contributed by atoms with Gasteiger partial charge in [-0.3, -0.25) is 0 Å². The van der Waals surface area contributed by atoms with Gasteiger partial charge < -0.3 is 0 Å². The van der Waals surface area contributed by atoms with E-state index in [-0.39, 0.29) is 10.2 Å². The van der Waals surface area contributed by atoms with E-state index in [0.29, 0.717) is 0 Å². The average Bonchev–Trinajstić information content (AvgIpc) is 2.11. The van der Waals surface area contributed by atoms with Gasteiger partial charge in [0.05, 0.1) is 10.2 Å². The van der Waals surface area contributed by atoms with Crippen LogP contribution in [0.2, 0.25) is 0 Å². The maximum Gasteiger partial charge on any atom is 0.444 e. The molecule has 7 heteroatoms. The van der Waals surface area contributed by atoms with Gasteiger partial charge in [0.15, 0.2) is 0 Å². The Kier molecular flexibility index (Phi) is 3.72. The molecule has 0 fully saturated rings. The van der Waals surface area contributed by atoms with Crippen molar-refractivity contribution in [2.24, 2.45) is 4.99 Å². The van der Waals surface area contributed by atoms with Crippen molar-refractivity contribution in [3.05, 3.63) is 28.5 Å². The van der Waals surface area contributed by atoms with E-state index in [1.165, 1.54) is 12.1 Å². The van der Waals surface area contributed by atoms with Gasteiger partial charge in [-0.25, -0.2) is 9.38 Å². The first-order valence-corrected chi connectivity index (χ1v) is 4.75. The Labute approximate surface area is 95.9 Å². The molecule has 1 rings (SSSR count). The molecule has 0 unspecified atom stereocenters. The summed E-state index contributed by atoms with van der Waals surface area (Å²) in [5.41, 5.74) is -0.211. The molecule has 0 atom stereocenters. The van der Waals surface area contributed by atoms with Crippen LogP contribution in [0.4, 0.5) is 23.2 Å². The standard InChI is InChI=1S/C8H3BrClF4N/c9-6-4(11)2-1-3-5(6)15-7(10)8(12,13)14/h1-3H. The van der Waals surface area contributed by atoms with E-state index >= 15 is 0 Å². The highest BCUT2D eigenvalue weighted by molar-refractivity contribution is 9.10. The van der Waals surface area contributed by atoms with Gasteiger partial charge in [0, 0.05) is 0 Å². The van der Waals surface area contributed by atoms with Crippen molar-refractivity contribution in [1.29, 1.82) is 0 Å². The van der Waals surface area contributed by atoms with Gasteiger partial charge in [0.2, 0.25) is 5.17 Å². The molecule has 0 aliphatic carbocycles. The van der Waals surface area contributed by atoms with E-state index in [2.05, 4.69) is 20.9 Å². The Morgan fingerprint density at radius 1 is 1.33 bits per heavy atom. The molecule has 1 nitrogen and oxygen atoms in total. The Morgan fingerprint density at radius 2 is 1.93 bits per heavy atom. The summed E-state index contributed by atoms with van der Waals surface area (Å²) in [6.45, 7) is 0. The second-order valence-corrected chi connectivity index (χ2v) is 3.62. The quantitative estimate of drug-likeness (QED) is 0.538. The third-order valence-electron chi connectivity index (χ3n) is 1.38. The summed E-state index contributed by atoms with van der Waals surface area (Å²) in [7, 11) is 0. The lowest BCUT2D eigenvalue weighted by molar-refractivity contribution is -0.0558. The van der Waals surface area contributed by atoms with Gasteiger partial charge >= 0.3 is 6.18 Å². The zero-order valence-corrected chi connectivity index (χ0v) is 9.29. The molecule has 15 heavy (non-hydrogen) atoms. The highest BCUT2D eigenvalue weighted by atomic mass is 79.9. The van der Waals surface area contributed by atoms with Crippen molar-refractivity contribution in [1.82, 2.24) is 0 Å². The summed E-state index contributed by atoms with van der Waals surface area (Å²) in [6.07, 6.45) is -4.73. The van der Waals surface area contributed by atoms with E-state index < -0.39 is 17.2 Å². The molecular formula is C8H3BrClF4N. The van der Waals surface area contributed by atoms with Crippen LogP contribution < -0.4 is 0 Å². The van der Waals surface area contributed by atoms with Crippen molar-refractivity contribution >= 4 is 38.4 Å². The Morgan fingerprint density at radius 3 is 2.47 bits per heavy atom. The Bertz CT molecular complexity index is 402. The van der Waals surface area contributed by atoms with Crippen molar-refractivity contribution in [3.8, 4) is 0 Å². The first-order valence-electron chi connectivity index (χ1n) is 3.58. The zero-order chi connectivity index (χ0) is 11.6. The molecule has 0 spiro atoms. The van der Waals surface area contributed by atoms with Crippen molar-refractivity contribution in [2.45, 2.75) is 6.18 Å². The van der Waals surface area contributed by atoms with Crippen LogP contribution in [0.5, 0.6) is 0 Å². The molecule has 0 bridgehead atoms. The molecule has 0 heterocycles. The monoisotopic (exact) mass is 303 g/mol. The van der Waals surface area contributed by atoms with E-state index in [0.717, 1.165) is 6.07 Å². The highest BCUT2D eigenvalue weighted by Gasteiger charge is 2.34. The normalized spacial score (nSPS) is 13.1. The minimum absolute atomic E-state index is 0.160. The third kappa shape index (κ3) is 3.17. The van der Waals surface area contributed by atoms with Crippen LogP contribution in [-0.4, -0.2) is 11.3 Å². The van der Waals surface area contributed by atoms with Crippen molar-refractivity contribution in [3.63, 3.8) is 0 Å². The van der Waals surface area contributed by atoms with Crippen LogP contribution in [0.25, 0.3) is 0 Å². The number of alkyl halides is 3. The SMILES string of the molecule is Fc1cccc(N=C(Cl)C(F)(F)F)c1Br. The summed E-state index contributed by atoms with van der Waals surface area (Å²) in [6, 6.07) is 3.53. The molecule has 0 saturated heterocycles. The van der Waals surface area contributed by atoms with Gasteiger partial charge in [-0.2, -0.15) is 13.2 Å². The fourth-order valence-electron chi connectivity index (χ4n) is 0.748. The van der Waals surface area contributed by atoms with Crippen LogP contribution in [0.1, 0.15) is 0 Å². The summed E-state index contributed by atoms with van der Waals surface area (Å²) < 4.78 is 48.7. The van der Waals surface area contributed by atoms with E-state index in [1.54, 1.807) is 0 Å². The summed E-state index contributed by atoms with van der Waals surface area (Å²) in [5, 5.41) is -1.55. The van der Waals surface area contributed by atoms with Gasteiger partial charge in [-0.1, -0.05) is 17.7 Å². The number of aliphatic imine (C=N–C) groups is 1. The maximum absolute atomic E-state index is 12.9. The average molecular weight is 304 g/mol. The van der Waals surface area contributed by atoms with Crippen LogP contribution in [0.3, 0.4) is 0 Å². The second kappa shape index (κ2) is 4.49. The number of hydrogen-bond acceptors (Lipinski definition) is 1. The smallest absolute Gasteiger partial charge is 0.231 e. The van der Waals surface area contributed by atoms with Crippen LogP contribution >= 0.6 is 27.5 Å². The number of hydrogen-bond donors (Lipinski definition) is 0. The van der Waals surface area contributed by atoms with Crippen molar-refractivity contribution < 1.29 is 17.6 Å². The summed E-state index contributed by atoms with van der Waals surface area (Å²) in [4.78, 5) is 3.06. The molecule has 0 radical (unpaired) electrons. The maximum atomic E-state index is 12.9. The molecule has 0 aliphatic heterocycles. The fraction of sp³-hybridized carbons (Fsp3) is 0.125. The Balaban J connectivity index is 3.15. The molecule has 0 aromatic heterocycles. The fourth-order valence-corrected chi connectivity index (χ4v) is 1.19. The molecule has 0 saturated carbocycles. The predicted octanol–water partition coefficient (Wildman–Crippen LogP) is 4.42. The molecule has 1 aromatic carbocycles. The first kappa shape index (κ1) is 12.4. The van der Waals surface area contributed by atoms with Gasteiger partial charge in [0.1, 0.15) is 5.82 Å². The van der Waals surface area contributed by atoms with E-state index in [4.69, 9.17) is 11.6 Å². The van der Waals surface area contributed by atoms with Crippen LogP contribution in [0, 0.1) is 5.82 Å². The predicted molar refractivity (Wildman–Crippen MR) is 53.1 cm³/mol. The minimum Gasteiger partial charge on any atom is -0.231 e. The molecule has 0 aliphatic rings. The molecule has 0 N–H and O–H groups in total. The van der Waals surface area contributed by atoms with Crippen LogP contribution in [-0.2, 0) is 0 Å². The molecular weight excluding hydrogens is 301 g/mol. The van der Waals surface area contributed by atoms with Gasteiger partial charge in [-0.05, 0) is 28.1 Å². The topological polar surface area (TPSA) is 12.4 Å². The lowest BCUT2D eigenvalue weighted by atomic mass is 10.3. The first-order chi connectivity index (χ1) is 6.82. The lowest BCUT2D eigenvalue weighted by Crippen LogP contribution is -2.16. The number of halogens is 6. The largest absolute Gasteiger partial charge is 0.444 e. The molecule has 82 valence electrons. The molecule has 0 amide bonds. The number of rotatable bonds is 1. The van der Waals surface area contributed by atoms with E-state index in [1.807, 2.05) is 0 Å². The van der Waals surface area contributed by atoms with Gasteiger partial charge in [-0.15, -0.1) is 0 Å². The van der Waals surface area contributed by atoms with Crippen molar-refractivity contribution in [2.75, 3.05) is 0 Å². The minimum atomic E-state index is -4.73. The lowest BCUT2D eigenvalue weighted by Gasteiger charge is -2.04. The Hall–Kier alpha value is -0.620. The molecule has 1 aromatic rings. The highest BCUT2D eigenvalue weighted by Crippen LogP contribution is 2.30. The zero-order valence-electron chi connectivity index (χ0n) is 6.95. The summed E-state index contributed by atoms with van der Waals surface area (Å²) >= 11 is 7.66. The number of benzene rings is 1. The van der Waals surface area contributed by atoms with Gasteiger partial charge in [0.25, 0.3) is 0 Å². The van der Waals surface area contributed by atoms with Crippen LogP contribution in [0.15, 0.2) is 27.7 Å². The van der Waals surface area contributed by atoms with E-state index in [9.17, 15) is 17.6 Å². The number of nitrogens with zero attached hydrogens (tertiary/aromatic N) is 1. The second-order valence-electron chi connectivity index (χ2n) is 2.47.